The maximum Gasteiger partial charge on any atom is 0.330 e. The standard InChI is InChI=1S/C21H23NO4/c1-2-14-3-5-15(6-4-14)7-10-19(23)22-20(21(24)25)17-8-9-18-16(13-17)11-12-26-18/h3-6,8-9,13,20H,2,7,10-12H2,1H3,(H,22,23)(H,24,25). The quantitative estimate of drug-likeness (QED) is 0.802. The Morgan fingerprint density at radius 1 is 1.15 bits per heavy atom. The van der Waals surface area contributed by atoms with Crippen molar-refractivity contribution in [1.29, 1.82) is 0 Å². The average molecular weight is 353 g/mol. The highest BCUT2D eigenvalue weighted by molar-refractivity contribution is 5.84. The van der Waals surface area contributed by atoms with E-state index in [9.17, 15) is 14.7 Å². The highest BCUT2D eigenvalue weighted by Gasteiger charge is 2.24. The van der Waals surface area contributed by atoms with E-state index >= 15 is 0 Å². The number of nitrogens with one attached hydrogen (secondary N) is 1. The van der Waals surface area contributed by atoms with Gasteiger partial charge in [0.15, 0.2) is 6.04 Å². The van der Waals surface area contributed by atoms with Gasteiger partial charge in [-0.2, -0.15) is 0 Å². The molecule has 2 N–H and O–H groups in total. The smallest absolute Gasteiger partial charge is 0.330 e. The van der Waals surface area contributed by atoms with E-state index in [4.69, 9.17) is 4.74 Å². The lowest BCUT2D eigenvalue weighted by atomic mass is 10.0. The summed E-state index contributed by atoms with van der Waals surface area (Å²) in [5.41, 5.74) is 3.88. The molecule has 0 saturated carbocycles. The number of amides is 1. The first-order valence-electron chi connectivity index (χ1n) is 8.92. The Hall–Kier alpha value is -2.82. The molecule has 1 aliphatic rings. The zero-order valence-corrected chi connectivity index (χ0v) is 14.8. The largest absolute Gasteiger partial charge is 0.493 e. The van der Waals surface area contributed by atoms with E-state index in [0.29, 0.717) is 18.6 Å². The van der Waals surface area contributed by atoms with Gasteiger partial charge in [0, 0.05) is 12.8 Å². The van der Waals surface area contributed by atoms with E-state index in [2.05, 4.69) is 24.4 Å². The number of aryl methyl sites for hydroxylation is 2. The molecule has 3 rings (SSSR count). The Balaban J connectivity index is 1.62. The normalized spacial score (nSPS) is 13.6. The number of carbonyl (C=O) groups excluding carboxylic acids is 1. The van der Waals surface area contributed by atoms with Gasteiger partial charge in [-0.3, -0.25) is 4.79 Å². The Morgan fingerprint density at radius 3 is 2.58 bits per heavy atom. The third-order valence-electron chi connectivity index (χ3n) is 4.67. The fourth-order valence-electron chi connectivity index (χ4n) is 3.11. The van der Waals surface area contributed by atoms with Crippen molar-refractivity contribution in [3.8, 4) is 5.75 Å². The molecule has 5 heteroatoms. The SMILES string of the molecule is CCc1ccc(CCC(=O)NC(C(=O)O)c2ccc3c(c2)CCO3)cc1. The van der Waals surface area contributed by atoms with Gasteiger partial charge in [-0.1, -0.05) is 37.3 Å². The molecule has 1 unspecified atom stereocenters. The molecular formula is C21H23NO4. The molecule has 2 aromatic rings. The lowest BCUT2D eigenvalue weighted by Crippen LogP contribution is -2.33. The maximum atomic E-state index is 12.3. The average Bonchev–Trinajstić information content (AvgIpc) is 3.12. The van der Waals surface area contributed by atoms with Gasteiger partial charge in [0.05, 0.1) is 6.61 Å². The Bertz CT molecular complexity index is 798. The molecule has 1 atom stereocenters. The summed E-state index contributed by atoms with van der Waals surface area (Å²) >= 11 is 0. The van der Waals surface area contributed by atoms with Crippen LogP contribution < -0.4 is 10.1 Å². The van der Waals surface area contributed by atoms with Crippen LogP contribution in [0.5, 0.6) is 5.75 Å². The topological polar surface area (TPSA) is 75.6 Å². The van der Waals surface area contributed by atoms with Crippen LogP contribution in [0, 0.1) is 0 Å². The molecule has 136 valence electrons. The summed E-state index contributed by atoms with van der Waals surface area (Å²) in [4.78, 5) is 23.9. The van der Waals surface area contributed by atoms with Crippen molar-refractivity contribution in [3.05, 3.63) is 64.7 Å². The summed E-state index contributed by atoms with van der Waals surface area (Å²) in [6.07, 6.45) is 2.58. The first-order valence-corrected chi connectivity index (χ1v) is 8.92. The highest BCUT2D eigenvalue weighted by atomic mass is 16.5. The molecule has 0 bridgehead atoms. The fourth-order valence-corrected chi connectivity index (χ4v) is 3.11. The predicted molar refractivity (Wildman–Crippen MR) is 98.3 cm³/mol. The van der Waals surface area contributed by atoms with Crippen molar-refractivity contribution in [2.45, 2.75) is 38.6 Å². The van der Waals surface area contributed by atoms with Crippen molar-refractivity contribution in [1.82, 2.24) is 5.32 Å². The van der Waals surface area contributed by atoms with Crippen molar-refractivity contribution in [2.75, 3.05) is 6.61 Å². The molecule has 26 heavy (non-hydrogen) atoms. The first kappa shape index (κ1) is 18.0. The van der Waals surface area contributed by atoms with Gasteiger partial charge >= 0.3 is 5.97 Å². The minimum atomic E-state index is -1.07. The Labute approximate surface area is 153 Å². The Morgan fingerprint density at radius 2 is 1.88 bits per heavy atom. The molecule has 0 radical (unpaired) electrons. The van der Waals surface area contributed by atoms with Crippen LogP contribution >= 0.6 is 0 Å². The minimum absolute atomic E-state index is 0.253. The number of rotatable bonds is 7. The lowest BCUT2D eigenvalue weighted by molar-refractivity contribution is -0.142. The van der Waals surface area contributed by atoms with Crippen molar-refractivity contribution in [2.24, 2.45) is 0 Å². The van der Waals surface area contributed by atoms with Crippen LogP contribution in [0.25, 0.3) is 0 Å². The second-order valence-corrected chi connectivity index (χ2v) is 6.47. The lowest BCUT2D eigenvalue weighted by Gasteiger charge is -2.16. The fraction of sp³-hybridized carbons (Fsp3) is 0.333. The second-order valence-electron chi connectivity index (χ2n) is 6.47. The van der Waals surface area contributed by atoms with Gasteiger partial charge in [-0.25, -0.2) is 4.79 Å². The third-order valence-corrected chi connectivity index (χ3v) is 4.67. The molecule has 0 spiro atoms. The van der Waals surface area contributed by atoms with Crippen LogP contribution in [0.1, 0.15) is 41.6 Å². The number of hydrogen-bond donors (Lipinski definition) is 2. The first-order chi connectivity index (χ1) is 12.6. The van der Waals surface area contributed by atoms with E-state index in [1.807, 2.05) is 18.2 Å². The molecule has 0 aliphatic carbocycles. The van der Waals surface area contributed by atoms with Crippen molar-refractivity contribution < 1.29 is 19.4 Å². The van der Waals surface area contributed by atoms with E-state index in [1.165, 1.54) is 5.56 Å². The van der Waals surface area contributed by atoms with E-state index < -0.39 is 12.0 Å². The zero-order valence-electron chi connectivity index (χ0n) is 14.8. The second kappa shape index (κ2) is 8.04. The summed E-state index contributed by atoms with van der Waals surface area (Å²) in [5.74, 6) is -0.544. The Kier molecular flexibility index (Phi) is 5.56. The van der Waals surface area contributed by atoms with Crippen LogP contribution in [0.2, 0.25) is 0 Å². The minimum Gasteiger partial charge on any atom is -0.493 e. The third kappa shape index (κ3) is 4.23. The summed E-state index contributed by atoms with van der Waals surface area (Å²) in [6, 6.07) is 12.4. The number of carboxylic acids is 1. The van der Waals surface area contributed by atoms with Crippen LogP contribution in [0.4, 0.5) is 0 Å². The summed E-state index contributed by atoms with van der Waals surface area (Å²) < 4.78 is 5.44. The number of carboxylic acid groups (broad SMARTS) is 1. The van der Waals surface area contributed by atoms with Crippen LogP contribution in [-0.4, -0.2) is 23.6 Å². The van der Waals surface area contributed by atoms with Gasteiger partial charge in [0.2, 0.25) is 5.91 Å². The highest BCUT2D eigenvalue weighted by Crippen LogP contribution is 2.28. The van der Waals surface area contributed by atoms with Crippen molar-refractivity contribution >= 4 is 11.9 Å². The molecule has 5 nitrogen and oxygen atoms in total. The molecule has 0 saturated heterocycles. The molecule has 0 fully saturated rings. The van der Waals surface area contributed by atoms with E-state index in [-0.39, 0.29) is 12.3 Å². The van der Waals surface area contributed by atoms with E-state index in [0.717, 1.165) is 29.7 Å². The van der Waals surface area contributed by atoms with Crippen LogP contribution in [0.15, 0.2) is 42.5 Å². The summed E-state index contributed by atoms with van der Waals surface area (Å²) in [6.45, 7) is 2.71. The number of benzene rings is 2. The number of ether oxygens (including phenoxy) is 1. The van der Waals surface area contributed by atoms with Crippen LogP contribution in [-0.2, 0) is 28.9 Å². The molecule has 1 aliphatic heterocycles. The van der Waals surface area contributed by atoms with Crippen LogP contribution in [0.3, 0.4) is 0 Å². The van der Waals surface area contributed by atoms with Crippen molar-refractivity contribution in [3.63, 3.8) is 0 Å². The van der Waals surface area contributed by atoms with Gasteiger partial charge in [-0.05, 0) is 47.2 Å². The number of aliphatic carboxylic acids is 1. The number of fused-ring (bicyclic) bond motifs is 1. The number of hydrogen-bond acceptors (Lipinski definition) is 3. The molecule has 2 aromatic carbocycles. The zero-order chi connectivity index (χ0) is 18.5. The summed E-state index contributed by atoms with van der Waals surface area (Å²) in [5, 5.41) is 12.2. The van der Waals surface area contributed by atoms with Gasteiger partial charge < -0.3 is 15.2 Å². The molecule has 1 heterocycles. The van der Waals surface area contributed by atoms with E-state index in [1.54, 1.807) is 12.1 Å². The summed E-state index contributed by atoms with van der Waals surface area (Å²) in [7, 11) is 0. The molecule has 1 amide bonds. The monoisotopic (exact) mass is 353 g/mol. The van der Waals surface area contributed by atoms with Gasteiger partial charge in [-0.15, -0.1) is 0 Å². The predicted octanol–water partition coefficient (Wildman–Crippen LogP) is 3.06. The molecular weight excluding hydrogens is 330 g/mol. The maximum absolute atomic E-state index is 12.3. The van der Waals surface area contributed by atoms with Gasteiger partial charge in [0.1, 0.15) is 5.75 Å². The molecule has 0 aromatic heterocycles. The van der Waals surface area contributed by atoms with Gasteiger partial charge in [0.25, 0.3) is 0 Å². The number of carbonyl (C=O) groups is 2.